The number of fused-ring (bicyclic) bond motifs is 16. The summed E-state index contributed by atoms with van der Waals surface area (Å²) < 4.78 is 14.2. The van der Waals surface area contributed by atoms with E-state index in [4.69, 9.17) is 14.4 Å². The molecule has 0 aliphatic heterocycles. The predicted molar refractivity (Wildman–Crippen MR) is 234 cm³/mol. The SMILES string of the molecule is c1ccc(-n2c3ccccc3c3c2c2oc4ccccc4c2c2c4ccccc4n(-c4nc(-c5ccc6sc7ccccc7c6c5)c5ccccc5n4)c23)cc1. The van der Waals surface area contributed by atoms with Crippen LogP contribution >= 0.6 is 11.3 Å². The number of aromatic nitrogens is 4. The average molecular weight is 733 g/mol. The van der Waals surface area contributed by atoms with Crippen LogP contribution in [0.25, 0.3) is 120 Å². The molecule has 0 unspecified atom stereocenters. The first kappa shape index (κ1) is 30.1. The van der Waals surface area contributed by atoms with Crippen molar-refractivity contribution in [3.63, 3.8) is 0 Å². The number of furan rings is 1. The molecule has 0 fully saturated rings. The Balaban J connectivity index is 1.24. The molecular weight excluding hydrogens is 705 g/mol. The van der Waals surface area contributed by atoms with E-state index in [0.717, 1.165) is 93.4 Å². The lowest BCUT2D eigenvalue weighted by molar-refractivity contribution is 0.671. The molecule has 8 aromatic carbocycles. The number of hydrogen-bond donors (Lipinski definition) is 0. The van der Waals surface area contributed by atoms with Gasteiger partial charge in [-0.2, -0.15) is 0 Å². The minimum absolute atomic E-state index is 0.630. The zero-order valence-electron chi connectivity index (χ0n) is 29.8. The number of benzene rings is 8. The Morgan fingerprint density at radius 3 is 1.93 bits per heavy atom. The Morgan fingerprint density at radius 2 is 1.09 bits per heavy atom. The molecule has 0 spiro atoms. The van der Waals surface area contributed by atoms with Crippen molar-refractivity contribution in [3.8, 4) is 22.9 Å². The molecule has 260 valence electrons. The summed E-state index contributed by atoms with van der Waals surface area (Å²) in [6, 6.07) is 60.2. The minimum atomic E-state index is 0.630. The van der Waals surface area contributed by atoms with E-state index in [0.29, 0.717) is 5.95 Å². The number of hydrogen-bond acceptors (Lipinski definition) is 4. The summed E-state index contributed by atoms with van der Waals surface area (Å²) in [6.07, 6.45) is 0. The Labute approximate surface area is 322 Å². The summed E-state index contributed by atoms with van der Waals surface area (Å²) in [6.45, 7) is 0. The van der Waals surface area contributed by atoms with Crippen molar-refractivity contribution in [2.45, 2.75) is 0 Å². The van der Waals surface area contributed by atoms with Gasteiger partial charge in [-0.1, -0.05) is 115 Å². The second kappa shape index (κ2) is 11.1. The summed E-state index contributed by atoms with van der Waals surface area (Å²) in [7, 11) is 0. The Morgan fingerprint density at radius 1 is 0.446 bits per heavy atom. The number of nitrogens with zero attached hydrogens (tertiary/aromatic N) is 4. The number of para-hydroxylation sites is 5. The lowest BCUT2D eigenvalue weighted by Crippen LogP contribution is -2.04. The van der Waals surface area contributed by atoms with Crippen molar-refractivity contribution in [2.75, 3.05) is 0 Å². The highest BCUT2D eigenvalue weighted by atomic mass is 32.1. The maximum absolute atomic E-state index is 6.96. The van der Waals surface area contributed by atoms with Crippen LogP contribution in [-0.2, 0) is 0 Å². The summed E-state index contributed by atoms with van der Waals surface area (Å²) in [5.41, 5.74) is 9.90. The first-order chi connectivity index (χ1) is 27.8. The molecule has 0 aliphatic carbocycles. The zero-order valence-corrected chi connectivity index (χ0v) is 30.6. The second-order valence-corrected chi connectivity index (χ2v) is 15.6. The first-order valence-corrected chi connectivity index (χ1v) is 19.7. The molecule has 0 saturated carbocycles. The molecule has 56 heavy (non-hydrogen) atoms. The Hall–Kier alpha value is -7.28. The minimum Gasteiger partial charge on any atom is -0.454 e. The van der Waals surface area contributed by atoms with Crippen LogP contribution in [0.1, 0.15) is 0 Å². The summed E-state index contributed by atoms with van der Waals surface area (Å²) >= 11 is 1.83. The van der Waals surface area contributed by atoms with E-state index < -0.39 is 0 Å². The summed E-state index contributed by atoms with van der Waals surface area (Å²) in [5.74, 6) is 0.630. The average Bonchev–Trinajstić information content (AvgIpc) is 4.01. The molecule has 0 radical (unpaired) electrons. The van der Waals surface area contributed by atoms with Crippen molar-refractivity contribution < 1.29 is 4.42 Å². The molecule has 13 rings (SSSR count). The van der Waals surface area contributed by atoms with Crippen molar-refractivity contribution in [1.82, 2.24) is 19.1 Å². The summed E-state index contributed by atoms with van der Waals surface area (Å²) in [5, 5.41) is 10.2. The van der Waals surface area contributed by atoms with E-state index >= 15 is 0 Å². The molecule has 0 amide bonds. The zero-order chi connectivity index (χ0) is 36.5. The van der Waals surface area contributed by atoms with Gasteiger partial charge in [0.1, 0.15) is 5.58 Å². The molecule has 0 bridgehead atoms. The second-order valence-electron chi connectivity index (χ2n) is 14.5. The molecule has 0 atom stereocenters. The highest BCUT2D eigenvalue weighted by Gasteiger charge is 2.28. The highest BCUT2D eigenvalue weighted by molar-refractivity contribution is 7.25. The van der Waals surface area contributed by atoms with Crippen LogP contribution in [0, 0.1) is 0 Å². The van der Waals surface area contributed by atoms with E-state index in [-0.39, 0.29) is 0 Å². The van der Waals surface area contributed by atoms with E-state index in [2.05, 4.69) is 179 Å². The van der Waals surface area contributed by atoms with E-state index in [9.17, 15) is 0 Å². The van der Waals surface area contributed by atoms with Crippen molar-refractivity contribution in [3.05, 3.63) is 170 Å². The maximum atomic E-state index is 6.96. The van der Waals surface area contributed by atoms with Gasteiger partial charge >= 0.3 is 0 Å². The molecule has 5 heterocycles. The molecule has 5 aromatic heterocycles. The van der Waals surface area contributed by atoms with Gasteiger partial charge in [0.15, 0.2) is 5.58 Å². The van der Waals surface area contributed by atoms with Gasteiger partial charge in [-0.15, -0.1) is 11.3 Å². The van der Waals surface area contributed by atoms with Crippen LogP contribution in [0.4, 0.5) is 0 Å². The van der Waals surface area contributed by atoms with E-state index in [1.807, 2.05) is 11.3 Å². The van der Waals surface area contributed by atoms with Crippen LogP contribution in [-0.4, -0.2) is 19.1 Å². The predicted octanol–water partition coefficient (Wildman–Crippen LogP) is 13.8. The van der Waals surface area contributed by atoms with Gasteiger partial charge in [-0.05, 0) is 54.6 Å². The molecule has 5 nitrogen and oxygen atoms in total. The van der Waals surface area contributed by atoms with Crippen LogP contribution in [0.5, 0.6) is 0 Å². The highest BCUT2D eigenvalue weighted by Crippen LogP contribution is 2.49. The maximum Gasteiger partial charge on any atom is 0.235 e. The van der Waals surface area contributed by atoms with Crippen molar-refractivity contribution >= 4 is 108 Å². The van der Waals surface area contributed by atoms with Gasteiger partial charge in [0.2, 0.25) is 5.95 Å². The standard InChI is InChI=1S/C50H28N4OS/c1-2-14-30(15-3-1)53-38-22-10-6-19-34(38)45-47-43(44-35-20-7-12-24-40(35)55-49(44)48(45)53)33-18-5-11-23-39(33)54(47)50-51-37-21-9-4-17-32(37)46(52-50)29-26-27-42-36(28-29)31-16-8-13-25-41(31)56-42/h1-28H. The van der Waals surface area contributed by atoms with Crippen LogP contribution in [0.15, 0.2) is 174 Å². The van der Waals surface area contributed by atoms with Crippen LogP contribution in [0.2, 0.25) is 0 Å². The monoisotopic (exact) mass is 732 g/mol. The fourth-order valence-electron chi connectivity index (χ4n) is 9.20. The van der Waals surface area contributed by atoms with E-state index in [1.165, 1.54) is 20.2 Å². The van der Waals surface area contributed by atoms with Gasteiger partial charge in [-0.3, -0.25) is 4.57 Å². The molecule has 6 heteroatoms. The lowest BCUT2D eigenvalue weighted by atomic mass is 10.0. The summed E-state index contributed by atoms with van der Waals surface area (Å²) in [4.78, 5) is 11.0. The molecule has 0 N–H and O–H groups in total. The fourth-order valence-corrected chi connectivity index (χ4v) is 10.3. The van der Waals surface area contributed by atoms with E-state index in [1.54, 1.807) is 0 Å². The lowest BCUT2D eigenvalue weighted by Gasteiger charge is -2.13. The first-order valence-electron chi connectivity index (χ1n) is 18.8. The van der Waals surface area contributed by atoms with Gasteiger partial charge < -0.3 is 8.98 Å². The number of thiophene rings is 1. The molecule has 0 saturated heterocycles. The molecule has 0 aliphatic rings. The van der Waals surface area contributed by atoms with Gasteiger partial charge in [0.25, 0.3) is 0 Å². The smallest absolute Gasteiger partial charge is 0.235 e. The third kappa shape index (κ3) is 3.98. The van der Waals surface area contributed by atoms with Gasteiger partial charge in [0, 0.05) is 69.1 Å². The topological polar surface area (TPSA) is 48.8 Å². The van der Waals surface area contributed by atoms with Crippen LogP contribution < -0.4 is 0 Å². The van der Waals surface area contributed by atoms with Gasteiger partial charge in [0.05, 0.1) is 33.3 Å². The number of rotatable bonds is 3. The quantitative estimate of drug-likeness (QED) is 0.182. The van der Waals surface area contributed by atoms with Crippen molar-refractivity contribution in [1.29, 1.82) is 0 Å². The largest absolute Gasteiger partial charge is 0.454 e. The Kier molecular flexibility index (Phi) is 5.98. The Bertz CT molecular complexity index is 3770. The van der Waals surface area contributed by atoms with Crippen LogP contribution in [0.3, 0.4) is 0 Å². The van der Waals surface area contributed by atoms with Crippen molar-refractivity contribution in [2.24, 2.45) is 0 Å². The molecule has 13 aromatic rings. The van der Waals surface area contributed by atoms with Gasteiger partial charge in [-0.25, -0.2) is 9.97 Å². The molecular formula is C50H28N4OS. The normalized spacial score (nSPS) is 12.3. The fraction of sp³-hybridized carbons (Fsp3) is 0. The third-order valence-corrected chi connectivity index (χ3v) is 12.7. The third-order valence-electron chi connectivity index (χ3n) is 11.5.